The summed E-state index contributed by atoms with van der Waals surface area (Å²) in [5.41, 5.74) is 0.178. The summed E-state index contributed by atoms with van der Waals surface area (Å²) >= 11 is 0. The molecule has 0 spiro atoms. The molecule has 0 saturated carbocycles. The Kier molecular flexibility index (Phi) is 7.06. The highest BCUT2D eigenvalue weighted by molar-refractivity contribution is 5.62. The molecule has 2 aromatic carbocycles. The number of nitro benzene ring substituents is 2. The quantitative estimate of drug-likeness (QED) is 0.392. The van der Waals surface area contributed by atoms with Crippen LogP contribution < -0.4 is 4.90 Å². The third-order valence-electron chi connectivity index (χ3n) is 3.72. The number of nitro groups is 2. The molecule has 0 heterocycles. The summed E-state index contributed by atoms with van der Waals surface area (Å²) in [4.78, 5) is 22.2. The molecule has 0 aliphatic rings. The maximum absolute atomic E-state index is 11.1. The molecule has 0 aliphatic heterocycles. The Morgan fingerprint density at radius 1 is 1.04 bits per heavy atom. The fraction of sp³-hybridized carbons (Fsp3) is 0.235. The van der Waals surface area contributed by atoms with Crippen LogP contribution in [0.2, 0.25) is 0 Å². The van der Waals surface area contributed by atoms with Crippen molar-refractivity contribution in [3.63, 3.8) is 0 Å². The van der Waals surface area contributed by atoms with E-state index in [9.17, 15) is 20.2 Å². The number of aliphatic hydroxyl groups excluding tert-OH is 1. The summed E-state index contributed by atoms with van der Waals surface area (Å²) in [6.07, 6.45) is 0.311. The van der Waals surface area contributed by atoms with Gasteiger partial charge in [0.2, 0.25) is 0 Å². The first-order valence-electron chi connectivity index (χ1n) is 8.13. The van der Waals surface area contributed by atoms with Crippen LogP contribution in [0.3, 0.4) is 0 Å². The van der Waals surface area contributed by atoms with E-state index in [2.05, 4.69) is 10.2 Å². The molecule has 1 N–H and O–H groups in total. The molecule has 28 heavy (non-hydrogen) atoms. The van der Waals surface area contributed by atoms with E-state index in [-0.39, 0.29) is 12.3 Å². The summed E-state index contributed by atoms with van der Waals surface area (Å²) in [6.45, 7) is 0.779. The van der Waals surface area contributed by atoms with Gasteiger partial charge in [0.15, 0.2) is 5.69 Å². The van der Waals surface area contributed by atoms with Crippen LogP contribution in [0.4, 0.5) is 28.4 Å². The molecule has 0 atom stereocenters. The van der Waals surface area contributed by atoms with Crippen molar-refractivity contribution in [3.05, 3.63) is 62.7 Å². The van der Waals surface area contributed by atoms with Crippen molar-refractivity contribution in [2.45, 2.75) is 6.42 Å². The fourth-order valence-corrected chi connectivity index (χ4v) is 2.37. The van der Waals surface area contributed by atoms with Crippen molar-refractivity contribution in [1.29, 1.82) is 5.26 Å². The number of non-ortho nitro benzene ring substituents is 1. The van der Waals surface area contributed by atoms with Gasteiger partial charge in [-0.1, -0.05) is 0 Å². The molecule has 0 saturated heterocycles. The lowest BCUT2D eigenvalue weighted by Crippen LogP contribution is -2.27. The topological polar surface area (TPSA) is 158 Å². The van der Waals surface area contributed by atoms with Crippen LogP contribution in [0, 0.1) is 31.6 Å². The molecule has 0 amide bonds. The van der Waals surface area contributed by atoms with Gasteiger partial charge in [0.25, 0.3) is 5.69 Å². The van der Waals surface area contributed by atoms with Crippen LogP contribution in [0.25, 0.3) is 0 Å². The molecule has 11 nitrogen and oxygen atoms in total. The van der Waals surface area contributed by atoms with Crippen molar-refractivity contribution in [1.82, 2.24) is 0 Å². The zero-order valence-electron chi connectivity index (χ0n) is 14.6. The number of nitrogens with zero attached hydrogens (tertiary/aromatic N) is 6. The average molecular weight is 384 g/mol. The molecule has 0 fully saturated rings. The van der Waals surface area contributed by atoms with Crippen LogP contribution in [0.5, 0.6) is 0 Å². The first kappa shape index (κ1) is 20.4. The Morgan fingerprint density at radius 3 is 2.32 bits per heavy atom. The zero-order valence-corrected chi connectivity index (χ0v) is 14.6. The van der Waals surface area contributed by atoms with E-state index in [4.69, 9.17) is 10.4 Å². The Hall–Kier alpha value is -3.91. The molecule has 0 unspecified atom stereocenters. The number of hydrogen-bond donors (Lipinski definition) is 1. The predicted octanol–water partition coefficient (Wildman–Crippen LogP) is 3.63. The standard InChI is InChI=1S/C17H16N6O5/c18-8-1-9-21(10-11-24)14-4-2-13(3-5-14)19-20-16-7-6-15(22(25)26)12-17(16)23(27)28/h2-7,12,24H,1,9-11H2. The highest BCUT2D eigenvalue weighted by Crippen LogP contribution is 2.32. The molecule has 0 radical (unpaired) electrons. The zero-order chi connectivity index (χ0) is 20.5. The first-order chi connectivity index (χ1) is 13.5. The second-order valence-corrected chi connectivity index (χ2v) is 5.52. The normalized spacial score (nSPS) is 10.6. The minimum Gasteiger partial charge on any atom is -0.395 e. The third-order valence-corrected chi connectivity index (χ3v) is 3.72. The molecule has 144 valence electrons. The molecular weight excluding hydrogens is 368 g/mol. The van der Waals surface area contributed by atoms with Gasteiger partial charge in [-0.15, -0.1) is 5.11 Å². The van der Waals surface area contributed by atoms with Crippen LogP contribution >= 0.6 is 0 Å². The van der Waals surface area contributed by atoms with Gasteiger partial charge in [-0.05, 0) is 30.3 Å². The molecule has 0 bridgehead atoms. The van der Waals surface area contributed by atoms with Crippen molar-refractivity contribution in [2.75, 3.05) is 24.6 Å². The largest absolute Gasteiger partial charge is 0.395 e. The van der Waals surface area contributed by atoms with E-state index in [1.54, 1.807) is 24.3 Å². The third kappa shape index (κ3) is 5.29. The van der Waals surface area contributed by atoms with Crippen molar-refractivity contribution in [3.8, 4) is 6.07 Å². The van der Waals surface area contributed by atoms with E-state index >= 15 is 0 Å². The second-order valence-electron chi connectivity index (χ2n) is 5.52. The number of anilines is 1. The smallest absolute Gasteiger partial charge is 0.303 e. The lowest BCUT2D eigenvalue weighted by Gasteiger charge is -2.22. The number of benzene rings is 2. The second kappa shape index (κ2) is 9.70. The van der Waals surface area contributed by atoms with Crippen LogP contribution in [-0.2, 0) is 0 Å². The van der Waals surface area contributed by atoms with E-state index in [1.807, 2.05) is 11.0 Å². The van der Waals surface area contributed by atoms with E-state index < -0.39 is 21.2 Å². The molecule has 0 aliphatic carbocycles. The van der Waals surface area contributed by atoms with Gasteiger partial charge in [-0.25, -0.2) is 0 Å². The molecule has 2 rings (SSSR count). The number of hydrogen-bond acceptors (Lipinski definition) is 9. The van der Waals surface area contributed by atoms with Crippen LogP contribution in [-0.4, -0.2) is 34.6 Å². The summed E-state index contributed by atoms with van der Waals surface area (Å²) in [7, 11) is 0. The fourth-order valence-electron chi connectivity index (χ4n) is 2.37. The van der Waals surface area contributed by atoms with Crippen LogP contribution in [0.15, 0.2) is 52.7 Å². The minimum absolute atomic E-state index is 0.0588. The first-order valence-corrected chi connectivity index (χ1v) is 8.13. The Bertz CT molecular complexity index is 923. The maximum Gasteiger partial charge on any atom is 0.303 e. The highest BCUT2D eigenvalue weighted by atomic mass is 16.6. The van der Waals surface area contributed by atoms with Gasteiger partial charge in [-0.3, -0.25) is 20.2 Å². The Labute approximate surface area is 159 Å². The van der Waals surface area contributed by atoms with Crippen molar-refractivity contribution < 1.29 is 15.0 Å². The molecular formula is C17H16N6O5. The van der Waals surface area contributed by atoms with Gasteiger partial charge >= 0.3 is 5.69 Å². The van der Waals surface area contributed by atoms with Crippen molar-refractivity contribution >= 4 is 28.4 Å². The number of rotatable bonds is 9. The Morgan fingerprint density at radius 2 is 1.75 bits per heavy atom. The summed E-state index contributed by atoms with van der Waals surface area (Å²) in [5, 5.41) is 47.5. The predicted molar refractivity (Wildman–Crippen MR) is 99.9 cm³/mol. The summed E-state index contributed by atoms with van der Waals surface area (Å²) in [5.74, 6) is 0. The molecule has 0 aromatic heterocycles. The number of nitriles is 1. The van der Waals surface area contributed by atoms with E-state index in [0.717, 1.165) is 17.8 Å². The lowest BCUT2D eigenvalue weighted by molar-refractivity contribution is -0.393. The minimum atomic E-state index is -0.758. The molecule has 11 heteroatoms. The van der Waals surface area contributed by atoms with E-state index in [0.29, 0.717) is 25.2 Å². The van der Waals surface area contributed by atoms with Gasteiger partial charge < -0.3 is 10.0 Å². The van der Waals surface area contributed by atoms with Crippen LogP contribution in [0.1, 0.15) is 6.42 Å². The molecule has 2 aromatic rings. The SMILES string of the molecule is N#CCCN(CCO)c1ccc(N=Nc2ccc([N+](=O)[O-])cc2[N+](=O)[O-])cc1. The lowest BCUT2D eigenvalue weighted by atomic mass is 10.2. The summed E-state index contributed by atoms with van der Waals surface area (Å²) in [6, 6.07) is 11.9. The maximum atomic E-state index is 11.1. The number of azo groups is 1. The van der Waals surface area contributed by atoms with Gasteiger partial charge in [0.1, 0.15) is 0 Å². The van der Waals surface area contributed by atoms with E-state index in [1.165, 1.54) is 6.07 Å². The summed E-state index contributed by atoms with van der Waals surface area (Å²) < 4.78 is 0. The monoisotopic (exact) mass is 384 g/mol. The van der Waals surface area contributed by atoms with Gasteiger partial charge in [0.05, 0.1) is 40.7 Å². The van der Waals surface area contributed by atoms with Gasteiger partial charge in [-0.2, -0.15) is 10.4 Å². The van der Waals surface area contributed by atoms with Gasteiger partial charge in [0, 0.05) is 24.8 Å². The average Bonchev–Trinajstić information content (AvgIpc) is 2.69. The highest BCUT2D eigenvalue weighted by Gasteiger charge is 2.19. The number of aliphatic hydroxyl groups is 1. The Balaban J connectivity index is 2.22. The van der Waals surface area contributed by atoms with Crippen molar-refractivity contribution in [2.24, 2.45) is 10.2 Å².